The first-order chi connectivity index (χ1) is 7.35. The highest BCUT2D eigenvalue weighted by Gasteiger charge is 2.01. The van der Waals surface area contributed by atoms with Crippen LogP contribution >= 0.6 is 0 Å². The van der Waals surface area contributed by atoms with E-state index in [1.54, 1.807) is 0 Å². The fourth-order valence-corrected chi connectivity index (χ4v) is 1.06. The molecule has 94 valence electrons. The number of nitrogens with one attached hydrogen (secondary N) is 1. The lowest BCUT2D eigenvalue weighted by Gasteiger charge is -2.19. The van der Waals surface area contributed by atoms with E-state index in [1.165, 1.54) is 0 Å². The smallest absolute Gasteiger partial charge is 0.0558 e. The van der Waals surface area contributed by atoms with Crippen molar-refractivity contribution in [2.24, 2.45) is 0 Å². The van der Waals surface area contributed by atoms with Crippen LogP contribution in [0.2, 0.25) is 0 Å². The molecule has 0 aliphatic rings. The molecule has 5 heteroatoms. The van der Waals surface area contributed by atoms with Crippen molar-refractivity contribution in [2.75, 3.05) is 52.5 Å². The Bertz CT molecular complexity index is 98.7. The Morgan fingerprint density at radius 3 is 1.73 bits per heavy atom. The molecule has 0 aromatic carbocycles. The predicted octanol–water partition coefficient (Wildman–Crippen LogP) is -1.12. The fourth-order valence-electron chi connectivity index (χ4n) is 1.06. The van der Waals surface area contributed by atoms with Gasteiger partial charge >= 0.3 is 0 Å². The molecular formula is C10H26N2O3. The Labute approximate surface area is 92.7 Å². The molecule has 0 aromatic heterocycles. The second-order valence-corrected chi connectivity index (χ2v) is 2.76. The van der Waals surface area contributed by atoms with Crippen molar-refractivity contribution in [3.63, 3.8) is 0 Å². The van der Waals surface area contributed by atoms with E-state index in [4.69, 9.17) is 15.3 Å². The summed E-state index contributed by atoms with van der Waals surface area (Å²) in [6.07, 6.45) is 0. The van der Waals surface area contributed by atoms with Gasteiger partial charge in [0.25, 0.3) is 0 Å². The van der Waals surface area contributed by atoms with Crippen molar-refractivity contribution in [1.29, 1.82) is 0 Å². The van der Waals surface area contributed by atoms with Crippen molar-refractivity contribution in [3.05, 3.63) is 0 Å². The van der Waals surface area contributed by atoms with E-state index in [0.717, 1.165) is 13.1 Å². The molecule has 0 spiro atoms. The van der Waals surface area contributed by atoms with E-state index in [2.05, 4.69) is 5.32 Å². The molecule has 0 radical (unpaired) electrons. The Hall–Kier alpha value is -0.200. The zero-order chi connectivity index (χ0) is 11.9. The van der Waals surface area contributed by atoms with Crippen molar-refractivity contribution in [2.45, 2.75) is 13.8 Å². The minimum atomic E-state index is 0.111. The maximum Gasteiger partial charge on any atom is 0.0558 e. The summed E-state index contributed by atoms with van der Waals surface area (Å²) in [5.41, 5.74) is 0. The maximum atomic E-state index is 8.68. The van der Waals surface area contributed by atoms with Gasteiger partial charge in [0.15, 0.2) is 0 Å². The van der Waals surface area contributed by atoms with Crippen LogP contribution in [0.15, 0.2) is 0 Å². The van der Waals surface area contributed by atoms with Gasteiger partial charge in [-0.25, -0.2) is 0 Å². The zero-order valence-electron chi connectivity index (χ0n) is 9.95. The summed E-state index contributed by atoms with van der Waals surface area (Å²) in [6, 6.07) is 0. The molecule has 0 amide bonds. The lowest BCUT2D eigenvalue weighted by Crippen LogP contribution is -2.36. The third-order valence-corrected chi connectivity index (χ3v) is 1.73. The van der Waals surface area contributed by atoms with E-state index in [1.807, 2.05) is 18.7 Å². The molecule has 0 bridgehead atoms. The van der Waals surface area contributed by atoms with Crippen molar-refractivity contribution in [1.82, 2.24) is 10.2 Å². The number of rotatable bonds is 9. The molecule has 5 nitrogen and oxygen atoms in total. The van der Waals surface area contributed by atoms with Crippen molar-refractivity contribution >= 4 is 0 Å². The zero-order valence-corrected chi connectivity index (χ0v) is 9.95. The van der Waals surface area contributed by atoms with E-state index >= 15 is 0 Å². The maximum absolute atomic E-state index is 8.68. The van der Waals surface area contributed by atoms with Gasteiger partial charge in [-0.05, 0) is 0 Å². The van der Waals surface area contributed by atoms with E-state index in [0.29, 0.717) is 19.6 Å². The highest BCUT2D eigenvalue weighted by Crippen LogP contribution is 1.84. The summed E-state index contributed by atoms with van der Waals surface area (Å²) in [7, 11) is 0. The van der Waals surface area contributed by atoms with Gasteiger partial charge in [-0.1, -0.05) is 13.8 Å². The molecule has 0 unspecified atom stereocenters. The first-order valence-corrected chi connectivity index (χ1v) is 5.60. The molecular weight excluding hydrogens is 196 g/mol. The third kappa shape index (κ3) is 13.8. The number of aliphatic hydroxyl groups is 3. The van der Waals surface area contributed by atoms with Gasteiger partial charge in [0, 0.05) is 32.7 Å². The Morgan fingerprint density at radius 2 is 1.33 bits per heavy atom. The Morgan fingerprint density at radius 1 is 0.800 bits per heavy atom. The molecule has 15 heavy (non-hydrogen) atoms. The largest absolute Gasteiger partial charge is 0.395 e. The minimum Gasteiger partial charge on any atom is -0.395 e. The molecule has 0 fully saturated rings. The van der Waals surface area contributed by atoms with Crippen LogP contribution in [-0.4, -0.2) is 72.8 Å². The van der Waals surface area contributed by atoms with Crippen LogP contribution in [0.1, 0.15) is 13.8 Å². The number of nitrogens with zero attached hydrogens (tertiary/aromatic N) is 1. The van der Waals surface area contributed by atoms with Gasteiger partial charge in [0.05, 0.1) is 19.8 Å². The lowest BCUT2D eigenvalue weighted by atomic mass is 10.4. The van der Waals surface area contributed by atoms with Crippen molar-refractivity contribution < 1.29 is 15.3 Å². The van der Waals surface area contributed by atoms with Crippen LogP contribution in [-0.2, 0) is 0 Å². The average Bonchev–Trinajstić information content (AvgIpc) is 2.28. The summed E-state index contributed by atoms with van der Waals surface area (Å²) in [4.78, 5) is 1.96. The minimum absolute atomic E-state index is 0.111. The highest BCUT2D eigenvalue weighted by atomic mass is 16.3. The van der Waals surface area contributed by atoms with Gasteiger partial charge < -0.3 is 20.6 Å². The molecule has 0 saturated carbocycles. The van der Waals surface area contributed by atoms with Gasteiger partial charge in [-0.2, -0.15) is 0 Å². The molecule has 0 atom stereocenters. The van der Waals surface area contributed by atoms with Gasteiger partial charge in [0.1, 0.15) is 0 Å². The summed E-state index contributed by atoms with van der Waals surface area (Å²) in [5, 5.41) is 28.9. The Balaban J connectivity index is 0. The average molecular weight is 222 g/mol. The van der Waals surface area contributed by atoms with Gasteiger partial charge in [-0.15, -0.1) is 0 Å². The monoisotopic (exact) mass is 222 g/mol. The second-order valence-electron chi connectivity index (χ2n) is 2.76. The first-order valence-electron chi connectivity index (χ1n) is 5.60. The summed E-state index contributed by atoms with van der Waals surface area (Å²) in [5.74, 6) is 0. The third-order valence-electron chi connectivity index (χ3n) is 1.73. The normalized spacial score (nSPS) is 10.0. The van der Waals surface area contributed by atoms with Crippen LogP contribution in [0.25, 0.3) is 0 Å². The Kier molecular flexibility index (Phi) is 18.6. The van der Waals surface area contributed by atoms with Crippen molar-refractivity contribution in [3.8, 4) is 0 Å². The molecule has 0 aliphatic carbocycles. The number of hydrogen-bond donors (Lipinski definition) is 4. The molecule has 0 aliphatic heterocycles. The van der Waals surface area contributed by atoms with E-state index < -0.39 is 0 Å². The topological polar surface area (TPSA) is 76.0 Å². The SMILES string of the molecule is CC.OCCNCCN(CCO)CCO. The van der Waals surface area contributed by atoms with Crippen LogP contribution in [0.3, 0.4) is 0 Å². The number of hydrogen-bond acceptors (Lipinski definition) is 5. The lowest BCUT2D eigenvalue weighted by molar-refractivity contribution is 0.161. The first kappa shape index (κ1) is 17.2. The van der Waals surface area contributed by atoms with Crippen LogP contribution in [0.5, 0.6) is 0 Å². The molecule has 4 N–H and O–H groups in total. The quantitative estimate of drug-likeness (QED) is 0.372. The molecule has 0 aromatic rings. The molecule has 0 saturated heterocycles. The van der Waals surface area contributed by atoms with Crippen LogP contribution in [0, 0.1) is 0 Å². The molecule has 0 heterocycles. The van der Waals surface area contributed by atoms with Gasteiger partial charge in [0.2, 0.25) is 0 Å². The molecule has 0 rings (SSSR count). The predicted molar refractivity (Wildman–Crippen MR) is 61.9 cm³/mol. The van der Waals surface area contributed by atoms with Crippen LogP contribution < -0.4 is 5.32 Å². The van der Waals surface area contributed by atoms with E-state index in [9.17, 15) is 0 Å². The fraction of sp³-hybridized carbons (Fsp3) is 1.00. The summed E-state index contributed by atoms with van der Waals surface area (Å²) >= 11 is 0. The van der Waals surface area contributed by atoms with Gasteiger partial charge in [-0.3, -0.25) is 4.90 Å². The summed E-state index contributed by atoms with van der Waals surface area (Å²) < 4.78 is 0. The second kappa shape index (κ2) is 16.2. The summed E-state index contributed by atoms with van der Waals surface area (Å²) in [6.45, 7) is 7.66. The highest BCUT2D eigenvalue weighted by molar-refractivity contribution is 4.58. The van der Waals surface area contributed by atoms with Crippen LogP contribution in [0.4, 0.5) is 0 Å². The number of aliphatic hydroxyl groups excluding tert-OH is 3. The standard InChI is InChI=1S/C8H20N2O3.C2H6/c11-6-2-9-1-3-10(4-7-12)5-8-13;1-2/h9,11-13H,1-8H2;1-2H3. The van der Waals surface area contributed by atoms with E-state index in [-0.39, 0.29) is 19.8 Å².